The zero-order chi connectivity index (χ0) is 11.2. The summed E-state index contributed by atoms with van der Waals surface area (Å²) < 4.78 is 19.1. The Hall–Kier alpha value is -0.390. The van der Waals surface area contributed by atoms with Crippen molar-refractivity contribution in [2.45, 2.75) is 6.10 Å². The Morgan fingerprint density at radius 2 is 2.21 bits per heavy atom. The highest BCUT2D eigenvalue weighted by Gasteiger charge is 2.22. The molecule has 0 saturated carbocycles. The van der Waals surface area contributed by atoms with E-state index in [1.807, 2.05) is 0 Å². The van der Waals surface area contributed by atoms with Gasteiger partial charge in [0.25, 0.3) is 0 Å². The zero-order valence-electron chi connectivity index (χ0n) is 7.13. The molecule has 0 amide bonds. The summed E-state index contributed by atoms with van der Waals surface area (Å²) in [5, 5.41) is 0. The predicted octanol–water partition coefficient (Wildman–Crippen LogP) is 0.432. The Kier molecular flexibility index (Phi) is 5.99. The number of ether oxygens (including phenoxy) is 1. The first-order chi connectivity index (χ1) is 6.39. The van der Waals surface area contributed by atoms with Gasteiger partial charge in [0.05, 0.1) is 5.88 Å². The molecule has 8 heteroatoms. The van der Waals surface area contributed by atoms with Crippen LogP contribution in [0.1, 0.15) is 0 Å². The number of hydrogen-bond acceptors (Lipinski definition) is 4. The molecule has 0 bridgehead atoms. The number of carbonyl (C=O) groups is 1. The first-order valence-electron chi connectivity index (χ1n) is 3.48. The molecular weight excluding hydrogens is 234 g/mol. The third-order valence-electron chi connectivity index (χ3n) is 1.04. The Bertz CT molecular complexity index is 249. The second kappa shape index (κ2) is 6.16. The summed E-state index contributed by atoms with van der Waals surface area (Å²) in [4.78, 5) is 27.4. The van der Waals surface area contributed by atoms with Gasteiger partial charge in [-0.25, -0.2) is 9.36 Å². The normalized spacial score (nSPS) is 13.4. The molecule has 0 radical (unpaired) electrons. The lowest BCUT2D eigenvalue weighted by molar-refractivity contribution is -0.140. The van der Waals surface area contributed by atoms with Crippen molar-refractivity contribution in [3.63, 3.8) is 0 Å². The number of phosphoric acid groups is 1. The van der Waals surface area contributed by atoms with Crippen molar-refractivity contribution in [2.24, 2.45) is 0 Å². The molecule has 0 aromatic rings. The van der Waals surface area contributed by atoms with Crippen molar-refractivity contribution in [3.05, 3.63) is 12.7 Å². The van der Waals surface area contributed by atoms with Crippen LogP contribution in [0.2, 0.25) is 0 Å². The third-order valence-corrected chi connectivity index (χ3v) is 1.95. The summed E-state index contributed by atoms with van der Waals surface area (Å²) >= 11 is 5.31. The Labute approximate surface area is 85.7 Å². The highest BCUT2D eigenvalue weighted by Crippen LogP contribution is 2.37. The topological polar surface area (TPSA) is 93.1 Å². The van der Waals surface area contributed by atoms with Crippen LogP contribution >= 0.6 is 19.4 Å². The number of esters is 1. The Morgan fingerprint density at radius 1 is 1.64 bits per heavy atom. The fourth-order valence-electron chi connectivity index (χ4n) is 0.531. The van der Waals surface area contributed by atoms with Crippen molar-refractivity contribution in [3.8, 4) is 0 Å². The van der Waals surface area contributed by atoms with Gasteiger partial charge in [0.15, 0.2) is 0 Å². The van der Waals surface area contributed by atoms with E-state index in [9.17, 15) is 9.36 Å². The van der Waals surface area contributed by atoms with Crippen LogP contribution in [0.25, 0.3) is 0 Å². The smallest absolute Gasteiger partial charge is 0.460 e. The summed E-state index contributed by atoms with van der Waals surface area (Å²) in [6.07, 6.45) is -0.121. The van der Waals surface area contributed by atoms with Crippen molar-refractivity contribution < 1.29 is 28.4 Å². The molecule has 2 N–H and O–H groups in total. The van der Waals surface area contributed by atoms with Gasteiger partial charge in [-0.1, -0.05) is 6.58 Å². The number of rotatable bonds is 6. The van der Waals surface area contributed by atoms with Crippen molar-refractivity contribution >= 4 is 25.4 Å². The predicted molar refractivity (Wildman–Crippen MR) is 48.8 cm³/mol. The van der Waals surface area contributed by atoms with Crippen LogP contribution in [0.4, 0.5) is 0 Å². The lowest BCUT2D eigenvalue weighted by atomic mass is 10.4. The van der Waals surface area contributed by atoms with E-state index >= 15 is 0 Å². The van der Waals surface area contributed by atoms with Gasteiger partial charge in [0, 0.05) is 6.08 Å². The molecule has 0 saturated heterocycles. The second-order valence-corrected chi connectivity index (χ2v) is 3.71. The van der Waals surface area contributed by atoms with Gasteiger partial charge in [-0.2, -0.15) is 0 Å². The molecule has 0 fully saturated rings. The SMILES string of the molecule is C=CC(=O)OCC(CCl)OP(=O)(O)O. The van der Waals surface area contributed by atoms with Gasteiger partial charge in [-0.05, 0) is 0 Å². The summed E-state index contributed by atoms with van der Waals surface area (Å²) in [5.74, 6) is -0.912. The van der Waals surface area contributed by atoms with Crippen LogP contribution in [0.5, 0.6) is 0 Å². The van der Waals surface area contributed by atoms with Crippen LogP contribution in [0.15, 0.2) is 12.7 Å². The van der Waals surface area contributed by atoms with Gasteiger partial charge < -0.3 is 14.5 Å². The third kappa shape index (κ3) is 7.06. The molecule has 14 heavy (non-hydrogen) atoms. The Balaban J connectivity index is 3.98. The van der Waals surface area contributed by atoms with Gasteiger partial charge in [-0.3, -0.25) is 4.52 Å². The maximum Gasteiger partial charge on any atom is 0.470 e. The fourth-order valence-corrected chi connectivity index (χ4v) is 1.30. The number of carbonyl (C=O) groups excluding carboxylic acids is 1. The number of alkyl halides is 1. The highest BCUT2D eigenvalue weighted by molar-refractivity contribution is 7.46. The lowest BCUT2D eigenvalue weighted by Gasteiger charge is -2.14. The summed E-state index contributed by atoms with van der Waals surface area (Å²) in [7, 11) is -4.61. The summed E-state index contributed by atoms with van der Waals surface area (Å²) in [6, 6.07) is 0. The first-order valence-corrected chi connectivity index (χ1v) is 5.54. The van der Waals surface area contributed by atoms with Gasteiger partial charge in [-0.15, -0.1) is 11.6 Å². The average Bonchev–Trinajstić information content (AvgIpc) is 2.09. The van der Waals surface area contributed by atoms with Gasteiger partial charge in [0.2, 0.25) is 0 Å². The molecular formula is C6H10ClO6P. The van der Waals surface area contributed by atoms with Crippen LogP contribution in [-0.2, 0) is 18.6 Å². The van der Waals surface area contributed by atoms with Gasteiger partial charge in [0.1, 0.15) is 12.7 Å². The van der Waals surface area contributed by atoms with E-state index in [1.165, 1.54) is 0 Å². The minimum absolute atomic E-state index is 0.199. The molecule has 0 aliphatic rings. The van der Waals surface area contributed by atoms with E-state index in [2.05, 4.69) is 15.8 Å². The van der Waals surface area contributed by atoms with Crippen molar-refractivity contribution in [1.82, 2.24) is 0 Å². The largest absolute Gasteiger partial charge is 0.470 e. The molecule has 0 aliphatic heterocycles. The number of halogens is 1. The van der Waals surface area contributed by atoms with Crippen LogP contribution in [-0.4, -0.2) is 34.3 Å². The van der Waals surface area contributed by atoms with E-state index in [1.54, 1.807) is 0 Å². The standard InChI is InChI=1S/C6H10ClO6P/c1-2-6(8)12-4-5(3-7)13-14(9,10)11/h2,5H,1,3-4H2,(H2,9,10,11). The van der Waals surface area contributed by atoms with Crippen LogP contribution < -0.4 is 0 Å². The first kappa shape index (κ1) is 13.6. The molecule has 0 aliphatic carbocycles. The van der Waals surface area contributed by atoms with E-state index < -0.39 is 19.9 Å². The monoisotopic (exact) mass is 244 g/mol. The molecule has 6 nitrogen and oxygen atoms in total. The fraction of sp³-hybridized carbons (Fsp3) is 0.500. The Morgan fingerprint density at radius 3 is 2.57 bits per heavy atom. The molecule has 0 spiro atoms. The molecule has 1 unspecified atom stereocenters. The van der Waals surface area contributed by atoms with Crippen LogP contribution in [0.3, 0.4) is 0 Å². The molecule has 0 aromatic carbocycles. The summed E-state index contributed by atoms with van der Waals surface area (Å²) in [5.41, 5.74) is 0. The molecule has 82 valence electrons. The maximum atomic E-state index is 10.6. The van der Waals surface area contributed by atoms with E-state index in [0.29, 0.717) is 0 Å². The second-order valence-electron chi connectivity index (χ2n) is 2.21. The van der Waals surface area contributed by atoms with E-state index in [4.69, 9.17) is 21.4 Å². The lowest BCUT2D eigenvalue weighted by Crippen LogP contribution is -2.22. The summed E-state index contributed by atoms with van der Waals surface area (Å²) in [6.45, 7) is 2.80. The van der Waals surface area contributed by atoms with Crippen molar-refractivity contribution in [1.29, 1.82) is 0 Å². The van der Waals surface area contributed by atoms with E-state index in [-0.39, 0.29) is 12.5 Å². The minimum atomic E-state index is -4.61. The van der Waals surface area contributed by atoms with Crippen molar-refractivity contribution in [2.75, 3.05) is 12.5 Å². The minimum Gasteiger partial charge on any atom is -0.460 e. The maximum absolute atomic E-state index is 10.6. The highest BCUT2D eigenvalue weighted by atomic mass is 35.5. The van der Waals surface area contributed by atoms with E-state index in [0.717, 1.165) is 6.08 Å². The quantitative estimate of drug-likeness (QED) is 0.305. The molecule has 0 heterocycles. The molecule has 1 atom stereocenters. The zero-order valence-corrected chi connectivity index (χ0v) is 8.78. The van der Waals surface area contributed by atoms with Crippen LogP contribution in [0, 0.1) is 0 Å². The average molecular weight is 245 g/mol. The number of hydrogen-bond donors (Lipinski definition) is 2. The molecule has 0 rings (SSSR count). The molecule has 0 aromatic heterocycles. The number of phosphoric ester groups is 1. The van der Waals surface area contributed by atoms with Gasteiger partial charge >= 0.3 is 13.8 Å².